The van der Waals surface area contributed by atoms with E-state index in [2.05, 4.69) is 31.5 Å². The molecular weight excluding hydrogens is 847 g/mol. The molecule has 0 bridgehead atoms. The summed E-state index contributed by atoms with van der Waals surface area (Å²) in [6, 6.07) is 14.7. The van der Waals surface area contributed by atoms with Crippen molar-refractivity contribution in [3.8, 4) is 11.5 Å². The van der Waals surface area contributed by atoms with Crippen molar-refractivity contribution in [2.24, 2.45) is 22.9 Å². The van der Waals surface area contributed by atoms with E-state index in [1.807, 2.05) is 49.4 Å². The molecule has 0 radical (unpaired) electrons. The average molecular weight is 928 g/mol. The molecular formula is C55H81N3O9. The third kappa shape index (κ3) is 15.2. The number of unbranched alkanes of at least 4 members (excludes halogenated alkanes) is 11. The number of aliphatic hydroxyl groups excluding tert-OH is 2. The molecule has 5 rings (SSSR count). The maximum absolute atomic E-state index is 14.3. The van der Waals surface area contributed by atoms with Crippen LogP contribution in [0.25, 0.3) is 0 Å². The van der Waals surface area contributed by atoms with Crippen LogP contribution >= 0.6 is 0 Å². The second-order valence-corrected chi connectivity index (χ2v) is 18.4. The van der Waals surface area contributed by atoms with Crippen LogP contribution in [0.15, 0.2) is 90.6 Å². The minimum Gasteiger partial charge on any atom is -0.459 e. The standard InChI is InChI=1S/C55H81N3O9/c1-5-9-11-12-13-14-15-16-17-23-32-56-53(61)66-44-30-31-49-47(39-44)51-45(29-22-25-35-60)43(28-21-24-34-59)38-46-48(57-65-41-42-26-19-18-20-27-42)40-50(55(67-49,52(46)51)64-36-8-4)58(33-7-3)54(62)63-37-10-6-2/h6,8,18-20,26-27,30-31,38-39,43,45,50-52,59-60H,2,4-5,7,9-17,21-25,28-29,32-37,40-41H2,1,3H3,(H,56,61). The molecule has 2 amide bonds. The molecule has 370 valence electrons. The predicted octanol–water partition coefficient (Wildman–Crippen LogP) is 12.0. The number of fused-ring (bicyclic) bond motifs is 2. The summed E-state index contributed by atoms with van der Waals surface area (Å²) in [6.45, 7) is 13.8. The highest BCUT2D eigenvalue weighted by Gasteiger charge is 2.65. The first-order valence-electron chi connectivity index (χ1n) is 25.6. The number of benzene rings is 2. The van der Waals surface area contributed by atoms with Gasteiger partial charge in [0.1, 0.15) is 24.1 Å². The van der Waals surface area contributed by atoms with Gasteiger partial charge in [0.25, 0.3) is 0 Å². The van der Waals surface area contributed by atoms with Gasteiger partial charge in [-0.05, 0) is 86.1 Å². The van der Waals surface area contributed by atoms with Crippen molar-refractivity contribution < 1.29 is 43.6 Å². The number of allylic oxidation sites excluding steroid dienone is 1. The molecule has 67 heavy (non-hydrogen) atoms. The van der Waals surface area contributed by atoms with Gasteiger partial charge in [-0.25, -0.2) is 9.59 Å². The first-order valence-corrected chi connectivity index (χ1v) is 25.6. The lowest BCUT2D eigenvalue weighted by Gasteiger charge is -2.59. The Kier molecular flexibility index (Phi) is 23.3. The molecule has 2 aliphatic carbocycles. The average Bonchev–Trinajstić information content (AvgIpc) is 3.33. The Hall–Kier alpha value is -4.65. The maximum atomic E-state index is 14.3. The number of hydrogen-bond acceptors (Lipinski definition) is 10. The third-order valence-electron chi connectivity index (χ3n) is 13.5. The summed E-state index contributed by atoms with van der Waals surface area (Å²) in [5, 5.41) is 27.8. The molecule has 3 aliphatic rings. The largest absolute Gasteiger partial charge is 0.459 e. The van der Waals surface area contributed by atoms with Crippen LogP contribution in [0.2, 0.25) is 0 Å². The van der Waals surface area contributed by atoms with E-state index in [9.17, 15) is 19.8 Å². The molecule has 1 heterocycles. The predicted molar refractivity (Wildman–Crippen MR) is 265 cm³/mol. The summed E-state index contributed by atoms with van der Waals surface area (Å²) in [5.41, 5.74) is 3.46. The summed E-state index contributed by atoms with van der Waals surface area (Å²) in [4.78, 5) is 35.6. The smallest absolute Gasteiger partial charge is 0.412 e. The molecule has 1 fully saturated rings. The van der Waals surface area contributed by atoms with Gasteiger partial charge >= 0.3 is 12.2 Å². The fraction of sp³-hybridized carbons (Fsp3) is 0.618. The number of nitrogens with one attached hydrogen (secondary N) is 1. The lowest BCUT2D eigenvalue weighted by atomic mass is 9.55. The molecule has 0 spiro atoms. The fourth-order valence-electron chi connectivity index (χ4n) is 10.3. The van der Waals surface area contributed by atoms with Crippen molar-refractivity contribution in [3.05, 3.63) is 96.6 Å². The molecule has 0 saturated heterocycles. The zero-order chi connectivity index (χ0) is 47.7. The van der Waals surface area contributed by atoms with E-state index in [1.54, 1.807) is 23.1 Å². The van der Waals surface area contributed by atoms with Crippen molar-refractivity contribution in [2.45, 2.75) is 160 Å². The summed E-state index contributed by atoms with van der Waals surface area (Å²) in [5.74, 6) is -1.17. The Morgan fingerprint density at radius 1 is 0.881 bits per heavy atom. The molecule has 6 unspecified atom stereocenters. The molecule has 1 aliphatic heterocycles. The quantitative estimate of drug-likeness (QED) is 0.0370. The van der Waals surface area contributed by atoms with E-state index < -0.39 is 29.9 Å². The van der Waals surface area contributed by atoms with Gasteiger partial charge < -0.3 is 39.3 Å². The van der Waals surface area contributed by atoms with E-state index in [4.69, 9.17) is 28.9 Å². The van der Waals surface area contributed by atoms with Crippen LogP contribution in [-0.4, -0.2) is 84.4 Å². The number of carbonyl (C=O) groups excluding carboxylic acids is 2. The van der Waals surface area contributed by atoms with Crippen LogP contribution in [0.4, 0.5) is 9.59 Å². The first-order chi connectivity index (χ1) is 32.8. The van der Waals surface area contributed by atoms with Crippen molar-refractivity contribution in [1.29, 1.82) is 0 Å². The number of carbonyl (C=O) groups is 2. The fourth-order valence-corrected chi connectivity index (χ4v) is 10.3. The van der Waals surface area contributed by atoms with Crippen molar-refractivity contribution in [1.82, 2.24) is 10.2 Å². The molecule has 2 aromatic carbocycles. The number of aliphatic hydroxyl groups is 2. The van der Waals surface area contributed by atoms with E-state index >= 15 is 0 Å². The van der Waals surface area contributed by atoms with Gasteiger partial charge in [-0.2, -0.15) is 0 Å². The van der Waals surface area contributed by atoms with Crippen LogP contribution in [0.1, 0.15) is 153 Å². The Morgan fingerprint density at radius 3 is 2.28 bits per heavy atom. The van der Waals surface area contributed by atoms with Crippen LogP contribution in [0.3, 0.4) is 0 Å². The summed E-state index contributed by atoms with van der Waals surface area (Å²) in [6.07, 6.45) is 22.8. The highest BCUT2D eigenvalue weighted by Crippen LogP contribution is 2.62. The number of amides is 2. The Bertz CT molecular complexity index is 1870. The summed E-state index contributed by atoms with van der Waals surface area (Å²) in [7, 11) is 0. The second kappa shape index (κ2) is 29.3. The lowest BCUT2D eigenvalue weighted by molar-refractivity contribution is -0.255. The lowest BCUT2D eigenvalue weighted by Crippen LogP contribution is -2.70. The van der Waals surface area contributed by atoms with E-state index in [0.29, 0.717) is 56.0 Å². The van der Waals surface area contributed by atoms with Gasteiger partial charge in [-0.1, -0.05) is 138 Å². The minimum atomic E-state index is -1.43. The van der Waals surface area contributed by atoms with Gasteiger partial charge in [0.15, 0.2) is 0 Å². The SMILES string of the molecule is C=CCCOC(=O)N(CCC)C1CC(=NOCc2ccccc2)C2=CC(CCCCO)C(CCCCO)C3c4cc(OC(=O)NCCCCCCCCCCCC)ccc4OC1(OCC=C)C23. The van der Waals surface area contributed by atoms with Crippen LogP contribution in [-0.2, 0) is 20.9 Å². The Labute approximate surface area is 401 Å². The van der Waals surface area contributed by atoms with E-state index in [0.717, 1.165) is 61.6 Å². The maximum Gasteiger partial charge on any atom is 0.412 e. The second-order valence-electron chi connectivity index (χ2n) is 18.4. The Balaban J connectivity index is 1.55. The number of rotatable bonds is 32. The number of hydrogen-bond donors (Lipinski definition) is 3. The number of nitrogens with zero attached hydrogens (tertiary/aromatic N) is 2. The highest BCUT2D eigenvalue weighted by molar-refractivity contribution is 6.03. The van der Waals surface area contributed by atoms with E-state index in [1.165, 1.54) is 44.9 Å². The zero-order valence-electron chi connectivity index (χ0n) is 40.7. The van der Waals surface area contributed by atoms with Gasteiger partial charge in [-0.3, -0.25) is 4.90 Å². The van der Waals surface area contributed by atoms with Crippen LogP contribution < -0.4 is 14.8 Å². The van der Waals surface area contributed by atoms with Crippen LogP contribution in [0, 0.1) is 17.8 Å². The first kappa shape index (κ1) is 53.3. The van der Waals surface area contributed by atoms with E-state index in [-0.39, 0.29) is 57.2 Å². The number of ether oxygens (including phenoxy) is 4. The van der Waals surface area contributed by atoms with Crippen LogP contribution in [0.5, 0.6) is 11.5 Å². The van der Waals surface area contributed by atoms with Gasteiger partial charge in [-0.15, -0.1) is 13.2 Å². The van der Waals surface area contributed by atoms with Gasteiger partial charge in [0.2, 0.25) is 5.79 Å². The topological polar surface area (TPSA) is 148 Å². The molecule has 12 heteroatoms. The molecule has 3 N–H and O–H groups in total. The highest BCUT2D eigenvalue weighted by atomic mass is 16.7. The summed E-state index contributed by atoms with van der Waals surface area (Å²) < 4.78 is 26.3. The minimum absolute atomic E-state index is 0.0122. The third-order valence-corrected chi connectivity index (χ3v) is 13.5. The van der Waals surface area contributed by atoms with Crippen molar-refractivity contribution in [2.75, 3.05) is 39.5 Å². The van der Waals surface area contributed by atoms with Gasteiger partial charge in [0.05, 0.1) is 24.8 Å². The molecule has 0 aromatic heterocycles. The summed E-state index contributed by atoms with van der Waals surface area (Å²) >= 11 is 0. The molecule has 6 atom stereocenters. The molecule has 12 nitrogen and oxygen atoms in total. The monoisotopic (exact) mass is 928 g/mol. The van der Waals surface area contributed by atoms with Crippen molar-refractivity contribution >= 4 is 17.9 Å². The molecule has 2 aromatic rings. The molecule has 1 saturated carbocycles. The van der Waals surface area contributed by atoms with Crippen molar-refractivity contribution in [3.63, 3.8) is 0 Å². The zero-order valence-corrected chi connectivity index (χ0v) is 40.7. The van der Waals surface area contributed by atoms with Gasteiger partial charge in [0, 0.05) is 44.2 Å². The normalized spacial score (nSPS) is 22.1. The Morgan fingerprint density at radius 2 is 1.60 bits per heavy atom. The number of oxime groups is 1.